The summed E-state index contributed by atoms with van der Waals surface area (Å²) in [5, 5.41) is 45.4. The van der Waals surface area contributed by atoms with E-state index in [0.717, 1.165) is 127 Å². The zero-order chi connectivity index (χ0) is 80.3. The molecule has 12 rings (SSSR count). The van der Waals surface area contributed by atoms with Crippen molar-refractivity contribution in [1.29, 1.82) is 10.5 Å². The number of nitrogens with two attached hydrogens (primary N) is 2. The zero-order valence-corrected chi connectivity index (χ0v) is 74.5. The zero-order valence-electron chi connectivity index (χ0n) is 64.7. The molecule has 3 aliphatic rings. The molecule has 0 atom stereocenters. The van der Waals surface area contributed by atoms with Gasteiger partial charge >= 0.3 is 18.2 Å². The Hall–Kier alpha value is -8.16. The Labute approximate surface area is 717 Å². The smallest absolute Gasteiger partial charge is 0.410 e. The van der Waals surface area contributed by atoms with Crippen LogP contribution in [-0.2, 0) is 56.2 Å². The number of nitriles is 2. The van der Waals surface area contributed by atoms with Crippen LogP contribution in [0, 0.1) is 22.7 Å². The van der Waals surface area contributed by atoms with Gasteiger partial charge in [0.1, 0.15) is 54.1 Å². The normalized spacial score (nSPS) is 12.3. The third-order valence-corrected chi connectivity index (χ3v) is 20.8. The number of aromatic nitrogens is 7. The highest BCUT2D eigenvalue weighted by atomic mass is 79.9. The molecule has 35 heteroatoms. The van der Waals surface area contributed by atoms with Gasteiger partial charge in [-0.25, -0.2) is 24.5 Å². The number of rotatable bonds is 18. The number of pyridine rings is 4. The number of thiophene rings is 2. The standard InChI is InChI=1S/C21H25N5OS2.C20H22N4O2S2.C11H21NO4.C10H7N3S.C7H6BrNO.C6H10O.C3H4N2S.BrH.2ClH/c1-13(2)23-10-7-18(27)26-21-19(14-6-9-22-11-17(14)29-21)20-25-16(12-28-20)15-5-3-4-8-24-15;1-20(2,3)26-19(25)24-9-7-12-15(10-24)28-17(21)16(12)18-23-14(11-27-18)13-6-4-5-8-22-13;1-8(2)12(7-6-9(13)14)10(15)16-11(3,4)5;11-5-4-10-13-9(7-14-10)8-3-1-2-6-12-8;8-5-7(10)6-3-1-2-4-9-6;7-6-4-2-1-3-5-6;4-2-1-3(5)6;;;/h3-5,8,12-13,22-23H,6-7,9-11H2,1-2H3,(H,26,27);4-6,8,11H,7,9-10,21H2,1-3H3;8H,6-7H2,1-5H3,(H,13,14);1-3,6-7H,4H2;1-4H,5H2;1-5H2;1H2,(H2,5,6);3*1H. The summed E-state index contributed by atoms with van der Waals surface area (Å²) in [5.74, 6) is -0.409. The van der Waals surface area contributed by atoms with E-state index >= 15 is 0 Å². The first kappa shape index (κ1) is 99.0. The number of nitrogens with zero attached hydrogens (tertiary/aromatic N) is 11. The van der Waals surface area contributed by atoms with Crippen LogP contribution >= 0.6 is 127 Å². The minimum absolute atomic E-state index is 0. The number of carboxylic acid groups (broad SMARTS) is 1. The molecule has 0 unspecified atom stereocenters. The van der Waals surface area contributed by atoms with Crippen molar-refractivity contribution in [2.75, 3.05) is 42.6 Å². The SMILES string of the molecule is Br.CC(C)(C)OC(=O)N1CCc2c(sc(N)c2-c2nc(-c3ccccn3)cs2)C1.CC(C)N(CCC(=O)O)C(=O)OC(C)(C)C.CC(C)NCCC(=O)Nc1sc2c(c1-c1nc(-c3ccccn3)cs1)CCNC2.Cl.Cl.N#CCC(N)=S.N#CCc1nc(-c2ccccn2)cs1.O=C(CBr)c1ccccn1.O=C1CCCCC1. The molecule has 9 aromatic heterocycles. The molecule has 1 fully saturated rings. The van der Waals surface area contributed by atoms with E-state index in [0.29, 0.717) is 55.3 Å². The van der Waals surface area contributed by atoms with Gasteiger partial charge < -0.3 is 51.8 Å². The fourth-order valence-electron chi connectivity index (χ4n) is 10.3. The number of carbonyl (C=O) groups excluding carboxylic acids is 5. The summed E-state index contributed by atoms with van der Waals surface area (Å²) in [6, 6.07) is 26.8. The van der Waals surface area contributed by atoms with Gasteiger partial charge in [0, 0.05) is 119 Å². The number of hydrogen-bond donors (Lipinski definition) is 6. The van der Waals surface area contributed by atoms with Crippen LogP contribution in [0.3, 0.4) is 0 Å². The summed E-state index contributed by atoms with van der Waals surface area (Å²) in [6.07, 6.45) is 14.0. The Morgan fingerprint density at radius 2 is 1.25 bits per heavy atom. The number of hydrogen-bond acceptors (Lipinski definition) is 26. The first-order valence-electron chi connectivity index (χ1n) is 35.6. The third kappa shape index (κ3) is 34.8. The van der Waals surface area contributed by atoms with Gasteiger partial charge in [-0.05, 0) is 147 Å². The van der Waals surface area contributed by atoms with Crippen molar-refractivity contribution >= 4 is 177 Å². The minimum Gasteiger partial charge on any atom is -0.481 e. The summed E-state index contributed by atoms with van der Waals surface area (Å²) in [7, 11) is 0. The Kier molecular flexibility index (Phi) is 44.6. The van der Waals surface area contributed by atoms with E-state index in [-0.39, 0.29) is 90.0 Å². The van der Waals surface area contributed by atoms with E-state index in [9.17, 15) is 28.8 Å². The summed E-state index contributed by atoms with van der Waals surface area (Å²) in [5.41, 5.74) is 20.5. The fraction of sp³-hybridized carbons (Fsp3) is 0.410. The van der Waals surface area contributed by atoms with Crippen molar-refractivity contribution in [2.24, 2.45) is 5.73 Å². The molecule has 2 aliphatic heterocycles. The molecule has 0 bridgehead atoms. The number of anilines is 2. The number of ketones is 2. The lowest BCUT2D eigenvalue weighted by Gasteiger charge is -2.30. The highest BCUT2D eigenvalue weighted by molar-refractivity contribution is 9.09. The van der Waals surface area contributed by atoms with Crippen molar-refractivity contribution < 1.29 is 43.3 Å². The van der Waals surface area contributed by atoms with Crippen LogP contribution in [0.2, 0.25) is 0 Å². The molecule has 3 amide bonds. The van der Waals surface area contributed by atoms with Crippen LogP contribution in [0.4, 0.5) is 19.6 Å². The van der Waals surface area contributed by atoms with Crippen LogP contribution in [0.15, 0.2) is 114 Å². The van der Waals surface area contributed by atoms with Crippen LogP contribution in [0.5, 0.6) is 0 Å². The summed E-state index contributed by atoms with van der Waals surface area (Å²) >= 11 is 15.3. The number of halogens is 4. The molecular weight excluding hydrogens is 1730 g/mol. The van der Waals surface area contributed by atoms with E-state index in [1.165, 1.54) is 50.0 Å². The molecule has 11 heterocycles. The first-order valence-corrected chi connectivity index (χ1v) is 41.4. The van der Waals surface area contributed by atoms with Gasteiger partial charge in [-0.15, -0.1) is 98.5 Å². The fourth-order valence-corrected chi connectivity index (χ4v) is 15.7. The highest BCUT2D eigenvalue weighted by Crippen LogP contribution is 2.46. The highest BCUT2D eigenvalue weighted by Gasteiger charge is 2.32. The molecular formula is C78H98Br2Cl2N16O9S6. The summed E-state index contributed by atoms with van der Waals surface area (Å²) in [4.78, 5) is 105. The van der Waals surface area contributed by atoms with Crippen LogP contribution < -0.4 is 27.4 Å². The minimum atomic E-state index is -0.922. The average molecular weight is 1830 g/mol. The van der Waals surface area contributed by atoms with Crippen molar-refractivity contribution in [3.05, 3.63) is 145 Å². The topological polar surface area (TPSA) is 374 Å². The van der Waals surface area contributed by atoms with E-state index in [1.54, 1.807) is 109 Å². The molecule has 8 N–H and O–H groups in total. The number of Topliss-reactive ketones (excluding diaryl/α,β-unsaturated/α-hetero) is 2. The number of alkyl halides is 1. The maximum Gasteiger partial charge on any atom is 0.410 e. The lowest BCUT2D eigenvalue weighted by molar-refractivity contribution is -0.137. The molecule has 1 aliphatic carbocycles. The molecule has 25 nitrogen and oxygen atoms in total. The van der Waals surface area contributed by atoms with Gasteiger partial charge in [0.2, 0.25) is 5.91 Å². The number of thiocarbonyl (C=S) groups is 1. The molecule has 0 aromatic carbocycles. The van der Waals surface area contributed by atoms with Crippen molar-refractivity contribution in [3.63, 3.8) is 0 Å². The van der Waals surface area contributed by atoms with Gasteiger partial charge in [-0.1, -0.05) is 72.7 Å². The Bertz CT molecular complexity index is 4520. The van der Waals surface area contributed by atoms with Crippen LogP contribution in [0.1, 0.15) is 157 Å². The van der Waals surface area contributed by atoms with Gasteiger partial charge in [-0.2, -0.15) is 10.5 Å². The molecule has 0 spiro atoms. The first-order chi connectivity index (χ1) is 52.5. The number of aliphatic carboxylic acids is 1. The number of fused-ring (bicyclic) bond motifs is 2. The van der Waals surface area contributed by atoms with Crippen LogP contribution in [0.25, 0.3) is 55.3 Å². The van der Waals surface area contributed by atoms with Crippen LogP contribution in [-0.4, -0.2) is 145 Å². The van der Waals surface area contributed by atoms with Gasteiger partial charge in [0.25, 0.3) is 0 Å². The number of carboxylic acids is 1. The molecule has 113 heavy (non-hydrogen) atoms. The molecule has 1 saturated carbocycles. The second-order valence-electron chi connectivity index (χ2n) is 27.2. The van der Waals surface area contributed by atoms with Gasteiger partial charge in [-0.3, -0.25) is 39.1 Å². The predicted molar refractivity (Wildman–Crippen MR) is 471 cm³/mol. The van der Waals surface area contributed by atoms with Gasteiger partial charge in [0.15, 0.2) is 5.78 Å². The molecule has 0 saturated heterocycles. The predicted octanol–water partition coefficient (Wildman–Crippen LogP) is 17.9. The Balaban J connectivity index is 0.000000363. The number of amides is 3. The van der Waals surface area contributed by atoms with Crippen molar-refractivity contribution in [3.8, 4) is 67.4 Å². The maximum absolute atomic E-state index is 12.5. The summed E-state index contributed by atoms with van der Waals surface area (Å²) in [6.45, 7) is 22.6. The number of carbonyl (C=O) groups is 6. The number of nitrogens with one attached hydrogen (secondary N) is 3. The number of thiazole rings is 3. The lowest BCUT2D eigenvalue weighted by atomic mass is 10.00. The average Bonchev–Trinajstić information content (AvgIpc) is 1.63. The number of ether oxygens (including phenoxy) is 2. The molecule has 608 valence electrons. The third-order valence-electron chi connectivity index (χ3n) is 15.4. The molecule has 9 aromatic rings. The Morgan fingerprint density at radius 3 is 1.71 bits per heavy atom. The lowest BCUT2D eigenvalue weighted by Crippen LogP contribution is -2.42. The number of nitrogen functional groups attached to an aromatic ring is 1. The molecule has 0 radical (unpaired) electrons. The van der Waals surface area contributed by atoms with E-state index in [1.807, 2.05) is 105 Å². The van der Waals surface area contributed by atoms with Crippen molar-refractivity contribution in [2.45, 2.75) is 176 Å². The second-order valence-corrected chi connectivity index (χ2v) is 33.2. The van der Waals surface area contributed by atoms with Crippen molar-refractivity contribution in [1.82, 2.24) is 55.3 Å². The second kappa shape index (κ2) is 50.9. The Morgan fingerprint density at radius 1 is 0.708 bits per heavy atom. The quantitative estimate of drug-likeness (QED) is 0.0264. The summed E-state index contributed by atoms with van der Waals surface area (Å²) < 4.78 is 10.7. The van der Waals surface area contributed by atoms with E-state index in [2.05, 4.69) is 88.9 Å². The largest absolute Gasteiger partial charge is 0.481 e. The van der Waals surface area contributed by atoms with Gasteiger partial charge in [0.05, 0.1) is 76.0 Å². The maximum atomic E-state index is 12.5. The van der Waals surface area contributed by atoms with E-state index < -0.39 is 23.3 Å². The monoisotopic (exact) mass is 1820 g/mol. The van der Waals surface area contributed by atoms with E-state index in [4.69, 9.17) is 46.5 Å².